The second kappa shape index (κ2) is 3.93. The highest BCUT2D eigenvalue weighted by atomic mass is 16.1. The first-order valence-corrected chi connectivity index (χ1v) is 6.77. The fraction of sp³-hybridized carbons (Fsp3) is 0.867. The van der Waals surface area contributed by atoms with Gasteiger partial charge < -0.3 is 4.79 Å². The van der Waals surface area contributed by atoms with Gasteiger partial charge in [-0.15, -0.1) is 0 Å². The molecule has 96 valence electrons. The minimum Gasteiger partial charge on any atom is -0.300 e. The van der Waals surface area contributed by atoms with Crippen LogP contribution in [0.4, 0.5) is 0 Å². The Bertz CT molecular complexity index is 356. The van der Waals surface area contributed by atoms with Crippen LogP contribution >= 0.6 is 0 Å². The van der Waals surface area contributed by atoms with E-state index in [4.69, 9.17) is 0 Å². The lowest BCUT2D eigenvalue weighted by atomic mass is 9.79. The van der Waals surface area contributed by atoms with Gasteiger partial charge in [0.05, 0.1) is 0 Å². The zero-order valence-electron chi connectivity index (χ0n) is 11.5. The maximum atomic E-state index is 12.4. The molecule has 0 radical (unpaired) electrons. The van der Waals surface area contributed by atoms with Gasteiger partial charge in [0.25, 0.3) is 0 Å². The topological polar surface area (TPSA) is 34.1 Å². The maximum Gasteiger partial charge on any atom is 0.137 e. The number of rotatable bonds is 3. The Morgan fingerprint density at radius 3 is 2.53 bits per heavy atom. The van der Waals surface area contributed by atoms with Crippen molar-refractivity contribution in [3.63, 3.8) is 0 Å². The van der Waals surface area contributed by atoms with Crippen LogP contribution in [0.5, 0.6) is 0 Å². The first-order chi connectivity index (χ1) is 7.74. The molecule has 2 aliphatic rings. The minimum atomic E-state index is 0.137. The van der Waals surface area contributed by atoms with Gasteiger partial charge >= 0.3 is 0 Å². The van der Waals surface area contributed by atoms with E-state index in [9.17, 15) is 9.59 Å². The molecule has 2 heteroatoms. The van der Waals surface area contributed by atoms with E-state index >= 15 is 0 Å². The Labute approximate surface area is 104 Å². The summed E-state index contributed by atoms with van der Waals surface area (Å²) in [5.74, 6) is 1.46. The number of Topliss-reactive ketones (excluding diaryl/α,β-unsaturated/α-hetero) is 2. The summed E-state index contributed by atoms with van der Waals surface area (Å²) in [6.07, 6.45) is 4.40. The van der Waals surface area contributed by atoms with Gasteiger partial charge in [-0.1, -0.05) is 20.8 Å². The Morgan fingerprint density at radius 2 is 1.94 bits per heavy atom. The molecule has 0 bridgehead atoms. The van der Waals surface area contributed by atoms with Crippen LogP contribution < -0.4 is 0 Å². The monoisotopic (exact) mass is 236 g/mol. The van der Waals surface area contributed by atoms with Gasteiger partial charge in [0, 0.05) is 18.8 Å². The molecule has 0 unspecified atom stereocenters. The molecule has 0 heterocycles. The highest BCUT2D eigenvalue weighted by molar-refractivity contribution is 5.84. The van der Waals surface area contributed by atoms with Crippen LogP contribution in [0.25, 0.3) is 0 Å². The fourth-order valence-electron chi connectivity index (χ4n) is 3.74. The third-order valence-electron chi connectivity index (χ3n) is 4.88. The largest absolute Gasteiger partial charge is 0.300 e. The van der Waals surface area contributed by atoms with E-state index < -0.39 is 0 Å². The van der Waals surface area contributed by atoms with E-state index in [0.717, 1.165) is 6.42 Å². The van der Waals surface area contributed by atoms with Crippen LogP contribution in [-0.4, -0.2) is 11.6 Å². The third kappa shape index (κ3) is 2.46. The van der Waals surface area contributed by atoms with Crippen LogP contribution in [0.2, 0.25) is 0 Å². The molecule has 0 aromatic rings. The molecular formula is C15H24O2. The third-order valence-corrected chi connectivity index (χ3v) is 4.88. The zero-order valence-corrected chi connectivity index (χ0v) is 11.5. The highest BCUT2D eigenvalue weighted by Crippen LogP contribution is 2.65. The van der Waals surface area contributed by atoms with E-state index in [1.807, 2.05) is 0 Å². The Balaban J connectivity index is 2.13. The quantitative estimate of drug-likeness (QED) is 0.752. The molecule has 2 rings (SSSR count). The van der Waals surface area contributed by atoms with E-state index in [0.29, 0.717) is 24.5 Å². The maximum absolute atomic E-state index is 12.4. The molecule has 17 heavy (non-hydrogen) atoms. The van der Waals surface area contributed by atoms with Crippen LogP contribution in [0.1, 0.15) is 59.8 Å². The Kier molecular flexibility index (Phi) is 2.95. The molecule has 0 aliphatic heterocycles. The average Bonchev–Trinajstić information content (AvgIpc) is 2.73. The summed E-state index contributed by atoms with van der Waals surface area (Å²) < 4.78 is 0. The molecule has 2 fully saturated rings. The number of ketones is 2. The molecule has 3 atom stereocenters. The van der Waals surface area contributed by atoms with E-state index in [-0.39, 0.29) is 22.5 Å². The molecule has 2 nitrogen and oxygen atoms in total. The number of fused-ring (bicyclic) bond motifs is 1. The van der Waals surface area contributed by atoms with Crippen molar-refractivity contribution in [2.24, 2.45) is 22.7 Å². The van der Waals surface area contributed by atoms with Gasteiger partial charge in [-0.05, 0) is 42.9 Å². The molecule has 2 aliphatic carbocycles. The van der Waals surface area contributed by atoms with Crippen LogP contribution in [0, 0.1) is 22.7 Å². The molecule has 2 saturated carbocycles. The highest BCUT2D eigenvalue weighted by Gasteiger charge is 2.59. The van der Waals surface area contributed by atoms with Crippen molar-refractivity contribution in [2.75, 3.05) is 0 Å². The van der Waals surface area contributed by atoms with E-state index in [1.54, 1.807) is 6.92 Å². The predicted molar refractivity (Wildman–Crippen MR) is 67.6 cm³/mol. The number of hydrogen-bond donors (Lipinski definition) is 0. The molecule has 0 N–H and O–H groups in total. The summed E-state index contributed by atoms with van der Waals surface area (Å²) in [7, 11) is 0. The predicted octanol–water partition coefficient (Wildman–Crippen LogP) is 3.39. The second-order valence-electron chi connectivity index (χ2n) is 7.21. The summed E-state index contributed by atoms with van der Waals surface area (Å²) in [5.41, 5.74) is 0.366. The van der Waals surface area contributed by atoms with Gasteiger partial charge in [-0.2, -0.15) is 0 Å². The van der Waals surface area contributed by atoms with Gasteiger partial charge in [-0.25, -0.2) is 0 Å². The summed E-state index contributed by atoms with van der Waals surface area (Å²) in [5, 5.41) is 0. The fourth-order valence-corrected chi connectivity index (χ4v) is 3.74. The Morgan fingerprint density at radius 1 is 1.29 bits per heavy atom. The molecule has 0 spiro atoms. The van der Waals surface area contributed by atoms with Gasteiger partial charge in [0.1, 0.15) is 11.6 Å². The molecule has 0 saturated heterocycles. The van der Waals surface area contributed by atoms with E-state index in [1.165, 1.54) is 12.8 Å². The van der Waals surface area contributed by atoms with Gasteiger partial charge in [0.15, 0.2) is 0 Å². The van der Waals surface area contributed by atoms with E-state index in [2.05, 4.69) is 20.8 Å². The van der Waals surface area contributed by atoms with Crippen LogP contribution in [0.3, 0.4) is 0 Å². The molecular weight excluding hydrogens is 212 g/mol. The lowest BCUT2D eigenvalue weighted by Crippen LogP contribution is -2.25. The van der Waals surface area contributed by atoms with Crippen LogP contribution in [-0.2, 0) is 9.59 Å². The van der Waals surface area contributed by atoms with Crippen molar-refractivity contribution in [3.05, 3.63) is 0 Å². The smallest absolute Gasteiger partial charge is 0.137 e. The second-order valence-corrected chi connectivity index (χ2v) is 7.21. The van der Waals surface area contributed by atoms with Gasteiger partial charge in [-0.3, -0.25) is 4.79 Å². The van der Waals surface area contributed by atoms with Gasteiger partial charge in [0.2, 0.25) is 0 Å². The first kappa shape index (κ1) is 12.8. The summed E-state index contributed by atoms with van der Waals surface area (Å²) >= 11 is 0. The Hall–Kier alpha value is -0.660. The van der Waals surface area contributed by atoms with Crippen molar-refractivity contribution >= 4 is 11.6 Å². The van der Waals surface area contributed by atoms with Crippen molar-refractivity contribution in [3.8, 4) is 0 Å². The number of carbonyl (C=O) groups is 2. The standard InChI is InChI=1S/C15H24O2/c1-10(16)5-6-12-13(17)9-14(2,3)7-11-8-15(11,12)4/h11-12H,5-9H2,1-4H3/t11-,12+,15+/m0/s1. The van der Waals surface area contributed by atoms with Crippen molar-refractivity contribution in [2.45, 2.75) is 59.8 Å². The summed E-state index contributed by atoms with van der Waals surface area (Å²) in [4.78, 5) is 23.5. The zero-order chi connectivity index (χ0) is 12.8. The molecule has 0 aromatic heterocycles. The molecule has 0 amide bonds. The first-order valence-electron chi connectivity index (χ1n) is 6.77. The normalized spacial score (nSPS) is 39.4. The summed E-state index contributed by atoms with van der Waals surface area (Å²) in [6.45, 7) is 8.29. The summed E-state index contributed by atoms with van der Waals surface area (Å²) in [6, 6.07) is 0. The van der Waals surface area contributed by atoms with Crippen molar-refractivity contribution in [1.82, 2.24) is 0 Å². The SMILES string of the molecule is CC(=O)CC[C@@H]1C(=O)CC(C)(C)C[C@H]2C[C@]21C. The lowest BCUT2D eigenvalue weighted by Gasteiger charge is -2.24. The lowest BCUT2D eigenvalue weighted by molar-refractivity contribution is -0.126. The number of carbonyl (C=O) groups excluding carboxylic acids is 2. The van der Waals surface area contributed by atoms with Crippen LogP contribution in [0.15, 0.2) is 0 Å². The number of hydrogen-bond acceptors (Lipinski definition) is 2. The molecule has 0 aromatic carbocycles. The van der Waals surface area contributed by atoms with Crippen molar-refractivity contribution in [1.29, 1.82) is 0 Å². The average molecular weight is 236 g/mol. The van der Waals surface area contributed by atoms with Crippen molar-refractivity contribution < 1.29 is 9.59 Å². The minimum absolute atomic E-state index is 0.137.